The number of unbranched alkanes of at least 4 members (excludes halogenated alkanes) is 6. The molecule has 0 saturated heterocycles. The second kappa shape index (κ2) is 40.4. The maximum atomic E-state index is 5.78. The average Bonchev–Trinajstić information content (AvgIpc) is 3.13. The first-order valence-corrected chi connectivity index (χ1v) is 18.8. The molecule has 0 amide bonds. The minimum absolute atomic E-state index is 0.515. The van der Waals surface area contributed by atoms with E-state index in [1.54, 1.807) is 7.11 Å². The standard InChI is InChI=1S/C38H70O12/c1-3-4-5-6-7-8-9-10-37-11-13-38(14-12-37)50-36-35-49-34-33-48-32-31-47-30-29-46-28-27-45-26-25-44-24-23-43-22-21-42-20-19-41-18-17-40-16-15-39-2/h11-14H,3-10,15-36H2,1-2H3. The van der Waals surface area contributed by atoms with Crippen molar-refractivity contribution in [1.82, 2.24) is 0 Å². The van der Waals surface area contributed by atoms with Crippen LogP contribution in [0, 0.1) is 0 Å². The van der Waals surface area contributed by atoms with Crippen LogP contribution in [0.2, 0.25) is 0 Å². The molecule has 0 N–H and O–H groups in total. The van der Waals surface area contributed by atoms with Crippen molar-refractivity contribution >= 4 is 0 Å². The first-order chi connectivity index (χ1) is 24.9. The summed E-state index contributed by atoms with van der Waals surface area (Å²) >= 11 is 0. The van der Waals surface area contributed by atoms with Gasteiger partial charge in [-0.15, -0.1) is 0 Å². The molecule has 0 radical (unpaired) electrons. The number of methoxy groups -OCH3 is 1. The van der Waals surface area contributed by atoms with Crippen LogP contribution in [0.5, 0.6) is 5.75 Å². The molecule has 1 aromatic rings. The molecule has 1 rings (SSSR count). The summed E-state index contributed by atoms with van der Waals surface area (Å²) in [5.74, 6) is 0.887. The highest BCUT2D eigenvalue weighted by molar-refractivity contribution is 5.27. The molecule has 50 heavy (non-hydrogen) atoms. The summed E-state index contributed by atoms with van der Waals surface area (Å²) in [6.45, 7) is 14.0. The lowest BCUT2D eigenvalue weighted by molar-refractivity contribution is -0.0273. The Bertz CT molecular complexity index is 771. The van der Waals surface area contributed by atoms with Crippen molar-refractivity contribution in [3.63, 3.8) is 0 Å². The van der Waals surface area contributed by atoms with Crippen LogP contribution in [0.3, 0.4) is 0 Å². The number of aryl methyl sites for hydroxylation is 1. The van der Waals surface area contributed by atoms with E-state index < -0.39 is 0 Å². The van der Waals surface area contributed by atoms with Crippen LogP contribution in [-0.4, -0.2) is 152 Å². The predicted octanol–water partition coefficient (Wildman–Crippen LogP) is 5.17. The van der Waals surface area contributed by atoms with Crippen LogP contribution in [0.4, 0.5) is 0 Å². The Morgan fingerprint density at radius 2 is 0.640 bits per heavy atom. The molecule has 0 atom stereocenters. The normalized spacial score (nSPS) is 11.5. The van der Waals surface area contributed by atoms with Crippen molar-refractivity contribution < 1.29 is 56.8 Å². The SMILES string of the molecule is CCCCCCCCCc1ccc(OCCOCCOCCOCCOCCOCCOCCOCCOCCOCCOCCOC)cc1. The van der Waals surface area contributed by atoms with Gasteiger partial charge in [-0.3, -0.25) is 0 Å². The molecule has 0 bridgehead atoms. The van der Waals surface area contributed by atoms with Crippen molar-refractivity contribution in [2.24, 2.45) is 0 Å². The van der Waals surface area contributed by atoms with Gasteiger partial charge in [0.2, 0.25) is 0 Å². The van der Waals surface area contributed by atoms with Crippen molar-refractivity contribution in [3.8, 4) is 5.75 Å². The van der Waals surface area contributed by atoms with E-state index in [2.05, 4.69) is 31.2 Å². The third kappa shape index (κ3) is 35.0. The van der Waals surface area contributed by atoms with Crippen LogP contribution in [0.25, 0.3) is 0 Å². The van der Waals surface area contributed by atoms with Gasteiger partial charge in [-0.1, -0.05) is 57.6 Å². The van der Waals surface area contributed by atoms with Gasteiger partial charge in [0.25, 0.3) is 0 Å². The number of benzene rings is 1. The Morgan fingerprint density at radius 1 is 0.340 bits per heavy atom. The monoisotopic (exact) mass is 718 g/mol. The summed E-state index contributed by atoms with van der Waals surface area (Å²) in [6, 6.07) is 8.46. The van der Waals surface area contributed by atoms with Crippen LogP contribution < -0.4 is 4.74 Å². The summed E-state index contributed by atoms with van der Waals surface area (Å²) < 4.78 is 65.5. The molecule has 0 aliphatic heterocycles. The predicted molar refractivity (Wildman–Crippen MR) is 194 cm³/mol. The van der Waals surface area contributed by atoms with E-state index in [1.165, 1.54) is 50.5 Å². The number of rotatable bonds is 42. The average molecular weight is 719 g/mol. The van der Waals surface area contributed by atoms with Crippen LogP contribution >= 0.6 is 0 Å². The van der Waals surface area contributed by atoms with E-state index in [1.807, 2.05) is 0 Å². The lowest BCUT2D eigenvalue weighted by atomic mass is 10.0. The molecule has 12 nitrogen and oxygen atoms in total. The molecule has 0 aliphatic carbocycles. The summed E-state index contributed by atoms with van der Waals surface area (Å²) in [7, 11) is 1.65. The number of hydrogen-bond acceptors (Lipinski definition) is 12. The second-order valence-corrected chi connectivity index (χ2v) is 11.5. The Kier molecular flexibility index (Phi) is 37.6. The molecule has 1 aromatic carbocycles. The Hall–Kier alpha value is -1.42. The third-order valence-electron chi connectivity index (χ3n) is 7.27. The van der Waals surface area contributed by atoms with Gasteiger partial charge in [-0.2, -0.15) is 0 Å². The van der Waals surface area contributed by atoms with Crippen molar-refractivity contribution in [3.05, 3.63) is 29.8 Å². The summed E-state index contributed by atoms with van der Waals surface area (Å²) in [5, 5.41) is 0. The highest BCUT2D eigenvalue weighted by atomic mass is 16.6. The molecule has 0 spiro atoms. The van der Waals surface area contributed by atoms with Gasteiger partial charge in [0.1, 0.15) is 12.4 Å². The second-order valence-electron chi connectivity index (χ2n) is 11.5. The Morgan fingerprint density at radius 3 is 0.980 bits per heavy atom. The molecule has 0 aromatic heterocycles. The van der Waals surface area contributed by atoms with E-state index in [0.717, 1.165) is 12.2 Å². The first-order valence-electron chi connectivity index (χ1n) is 18.8. The zero-order chi connectivity index (χ0) is 35.7. The highest BCUT2D eigenvalue weighted by Crippen LogP contribution is 2.15. The topological polar surface area (TPSA) is 111 Å². The molecule has 0 aliphatic rings. The highest BCUT2D eigenvalue weighted by Gasteiger charge is 1.99. The molecule has 12 heteroatoms. The van der Waals surface area contributed by atoms with E-state index in [4.69, 9.17) is 56.8 Å². The minimum Gasteiger partial charge on any atom is -0.491 e. The summed E-state index contributed by atoms with van der Waals surface area (Å²) in [4.78, 5) is 0. The molecule has 0 unspecified atom stereocenters. The third-order valence-corrected chi connectivity index (χ3v) is 7.27. The van der Waals surface area contributed by atoms with E-state index in [0.29, 0.717) is 145 Å². The maximum Gasteiger partial charge on any atom is 0.119 e. The van der Waals surface area contributed by atoms with Gasteiger partial charge in [-0.25, -0.2) is 0 Å². The number of hydrogen-bond donors (Lipinski definition) is 0. The largest absolute Gasteiger partial charge is 0.491 e. The zero-order valence-electron chi connectivity index (χ0n) is 31.4. The van der Waals surface area contributed by atoms with Gasteiger partial charge in [0, 0.05) is 7.11 Å². The lowest BCUT2D eigenvalue weighted by Gasteiger charge is -2.09. The molecular weight excluding hydrogens is 648 g/mol. The summed E-state index contributed by atoms with van der Waals surface area (Å²) in [5.41, 5.74) is 1.38. The van der Waals surface area contributed by atoms with Gasteiger partial charge in [0.15, 0.2) is 0 Å². The Labute approximate surface area is 302 Å². The van der Waals surface area contributed by atoms with Crippen molar-refractivity contribution in [2.45, 2.75) is 58.3 Å². The van der Waals surface area contributed by atoms with E-state index >= 15 is 0 Å². The molecule has 0 saturated carbocycles. The molecule has 0 fully saturated rings. The fourth-order valence-electron chi connectivity index (χ4n) is 4.48. The quantitative estimate of drug-likeness (QED) is 0.0832. The lowest BCUT2D eigenvalue weighted by Crippen LogP contribution is -2.15. The van der Waals surface area contributed by atoms with Gasteiger partial charge in [-0.05, 0) is 30.5 Å². The van der Waals surface area contributed by atoms with Gasteiger partial charge >= 0.3 is 0 Å². The fourth-order valence-corrected chi connectivity index (χ4v) is 4.48. The smallest absolute Gasteiger partial charge is 0.119 e. The maximum absolute atomic E-state index is 5.78. The molecule has 0 heterocycles. The fraction of sp³-hybridized carbons (Fsp3) is 0.842. The minimum atomic E-state index is 0.515. The first kappa shape index (κ1) is 46.6. The van der Waals surface area contributed by atoms with Crippen LogP contribution in [-0.2, 0) is 58.5 Å². The van der Waals surface area contributed by atoms with E-state index in [-0.39, 0.29) is 0 Å². The van der Waals surface area contributed by atoms with Crippen molar-refractivity contribution in [1.29, 1.82) is 0 Å². The van der Waals surface area contributed by atoms with Gasteiger partial charge in [0.05, 0.1) is 139 Å². The Balaban J connectivity index is 1.69. The van der Waals surface area contributed by atoms with Crippen molar-refractivity contribution in [2.75, 3.05) is 152 Å². The van der Waals surface area contributed by atoms with E-state index in [9.17, 15) is 0 Å². The molecule has 294 valence electrons. The molecular formula is C38H70O12. The van der Waals surface area contributed by atoms with Crippen LogP contribution in [0.15, 0.2) is 24.3 Å². The van der Waals surface area contributed by atoms with Gasteiger partial charge < -0.3 is 56.8 Å². The zero-order valence-corrected chi connectivity index (χ0v) is 31.4. The number of ether oxygens (including phenoxy) is 12. The van der Waals surface area contributed by atoms with Crippen LogP contribution in [0.1, 0.15) is 57.4 Å². The summed E-state index contributed by atoms with van der Waals surface area (Å²) in [6.07, 6.45) is 10.5.